The van der Waals surface area contributed by atoms with E-state index in [9.17, 15) is 14.4 Å². The number of hydrogen-bond acceptors (Lipinski definition) is 7. The van der Waals surface area contributed by atoms with Gasteiger partial charge in [-0.25, -0.2) is 9.36 Å². The number of fused-ring (bicyclic) bond motifs is 2. The van der Waals surface area contributed by atoms with Crippen molar-refractivity contribution in [1.29, 1.82) is 0 Å². The van der Waals surface area contributed by atoms with Crippen LogP contribution in [-0.4, -0.2) is 56.6 Å². The van der Waals surface area contributed by atoms with E-state index in [0.29, 0.717) is 18.0 Å². The molecule has 10 nitrogen and oxygen atoms in total. The molecule has 1 saturated heterocycles. The van der Waals surface area contributed by atoms with E-state index < -0.39 is 17.4 Å². The Morgan fingerprint density at radius 3 is 2.62 bits per heavy atom. The summed E-state index contributed by atoms with van der Waals surface area (Å²) in [5, 5.41) is 6.79. The third-order valence-electron chi connectivity index (χ3n) is 7.09. The Balaban J connectivity index is 0.00000353. The van der Waals surface area contributed by atoms with Gasteiger partial charge in [0.15, 0.2) is 6.20 Å². The molecule has 1 N–H and O–H groups in total. The lowest BCUT2D eigenvalue weighted by Crippen LogP contribution is -3.00. The first-order chi connectivity index (χ1) is 20.0. The molecule has 2 atom stereocenters. The van der Waals surface area contributed by atoms with E-state index in [4.69, 9.17) is 9.47 Å². The van der Waals surface area contributed by atoms with Crippen LogP contribution < -0.4 is 38.6 Å². The van der Waals surface area contributed by atoms with E-state index in [1.807, 2.05) is 71.6 Å². The van der Waals surface area contributed by atoms with Gasteiger partial charge in [-0.1, -0.05) is 47.6 Å². The van der Waals surface area contributed by atoms with E-state index in [0.717, 1.165) is 22.3 Å². The van der Waals surface area contributed by atoms with Gasteiger partial charge in [-0.05, 0) is 29.3 Å². The predicted octanol–water partition coefficient (Wildman–Crippen LogP) is -0.725. The third kappa shape index (κ3) is 6.00. The molecule has 2 aliphatic rings. The summed E-state index contributed by atoms with van der Waals surface area (Å²) in [5.74, 6) is 0.0557. The largest absolute Gasteiger partial charge is 1.00 e. The van der Waals surface area contributed by atoms with Crippen molar-refractivity contribution in [3.63, 3.8) is 0 Å². The molecule has 4 aromatic rings. The second-order valence-corrected chi connectivity index (χ2v) is 10.9. The standard InChI is InChI=1S/C30H27N5O5S.HI/c1-39-23-11-9-21(10-12-23)18-40-30(38)27-22(17-33-14-15-34-25(33)8-5-13-31-34)19-41-29-26(28(37)35(27)29)32-24(36)16-20-6-3-2-4-7-20;/h2-15,26,29H,16-19H2,1H3;1H/t26-,29-;/m1./s1. The summed E-state index contributed by atoms with van der Waals surface area (Å²) in [6.45, 7) is 0.423. The van der Waals surface area contributed by atoms with Gasteiger partial charge in [0.2, 0.25) is 5.91 Å². The highest BCUT2D eigenvalue weighted by molar-refractivity contribution is 8.00. The molecule has 2 aromatic heterocycles. The first-order valence-electron chi connectivity index (χ1n) is 13.1. The molecule has 2 aliphatic heterocycles. The SMILES string of the molecule is COc1ccc(COC(=O)C2=C(C[n+]3ccn4ncccc43)CS[C@@H]3[C@H](NC(=O)Cc4ccccc4)C(=O)N23)cc1.[I-]. The van der Waals surface area contributed by atoms with Crippen LogP contribution in [0.15, 0.2) is 96.6 Å². The Bertz CT molecular complexity index is 1640. The van der Waals surface area contributed by atoms with Crippen molar-refractivity contribution in [3.05, 3.63) is 108 Å². The summed E-state index contributed by atoms with van der Waals surface area (Å²) in [7, 11) is 1.59. The maximum absolute atomic E-state index is 13.6. The normalized spacial score (nSPS) is 17.6. The van der Waals surface area contributed by atoms with Gasteiger partial charge in [-0.15, -0.1) is 16.3 Å². The molecule has 42 heavy (non-hydrogen) atoms. The van der Waals surface area contributed by atoms with Crippen LogP contribution in [-0.2, 0) is 38.7 Å². The van der Waals surface area contributed by atoms with Crippen LogP contribution in [0.5, 0.6) is 5.75 Å². The average Bonchev–Trinajstić information content (AvgIpc) is 3.41. The highest BCUT2D eigenvalue weighted by Gasteiger charge is 2.54. The molecule has 0 aliphatic carbocycles. The number of imidazole rings is 1. The third-order valence-corrected chi connectivity index (χ3v) is 8.43. The molecular weight excluding hydrogens is 669 g/mol. The number of carbonyl (C=O) groups excluding carboxylic acids is 3. The predicted molar refractivity (Wildman–Crippen MR) is 150 cm³/mol. The molecular formula is C30H28IN5O5S. The minimum absolute atomic E-state index is 0. The van der Waals surface area contributed by atoms with Crippen LogP contribution in [0.4, 0.5) is 0 Å². The minimum Gasteiger partial charge on any atom is -1.00 e. The number of ether oxygens (including phenoxy) is 2. The van der Waals surface area contributed by atoms with Gasteiger partial charge in [-0.2, -0.15) is 0 Å². The maximum atomic E-state index is 13.6. The number of halogens is 1. The molecule has 12 heteroatoms. The number of benzene rings is 2. The molecule has 2 aromatic carbocycles. The Morgan fingerprint density at radius 2 is 1.86 bits per heavy atom. The van der Waals surface area contributed by atoms with E-state index in [2.05, 4.69) is 10.4 Å². The van der Waals surface area contributed by atoms with Gasteiger partial charge >= 0.3 is 11.6 Å². The Hall–Kier alpha value is -3.91. The number of hydrogen-bond donors (Lipinski definition) is 1. The summed E-state index contributed by atoms with van der Waals surface area (Å²) in [4.78, 5) is 41.2. The van der Waals surface area contributed by atoms with Crippen LogP contribution in [0, 0.1) is 0 Å². The van der Waals surface area contributed by atoms with E-state index in [-0.39, 0.29) is 54.5 Å². The number of methoxy groups -OCH3 is 1. The monoisotopic (exact) mass is 697 g/mol. The number of esters is 1. The quantitative estimate of drug-likeness (QED) is 0.107. The molecule has 0 spiro atoms. The smallest absolute Gasteiger partial charge is 0.355 e. The summed E-state index contributed by atoms with van der Waals surface area (Å²) < 4.78 is 14.6. The van der Waals surface area contributed by atoms with Crippen molar-refractivity contribution < 1.29 is 52.4 Å². The zero-order valence-electron chi connectivity index (χ0n) is 22.7. The lowest BCUT2D eigenvalue weighted by atomic mass is 10.0. The minimum atomic E-state index is -0.714. The van der Waals surface area contributed by atoms with Crippen LogP contribution >= 0.6 is 11.8 Å². The number of thioether (sulfide) groups is 1. The lowest BCUT2D eigenvalue weighted by molar-refractivity contribution is -0.662. The number of β-lactam (4-membered cyclic amide) rings is 1. The van der Waals surface area contributed by atoms with Gasteiger partial charge < -0.3 is 38.8 Å². The first-order valence-corrected chi connectivity index (χ1v) is 14.2. The summed E-state index contributed by atoms with van der Waals surface area (Å²) in [5.41, 5.74) is 3.50. The zero-order chi connectivity index (χ0) is 28.3. The number of aromatic nitrogens is 3. The van der Waals surface area contributed by atoms with E-state index in [1.165, 1.54) is 16.7 Å². The molecule has 1 fully saturated rings. The van der Waals surface area contributed by atoms with Crippen molar-refractivity contribution >= 4 is 35.2 Å². The van der Waals surface area contributed by atoms with Crippen molar-refractivity contribution in [1.82, 2.24) is 19.8 Å². The molecule has 0 saturated carbocycles. The van der Waals surface area contributed by atoms with E-state index >= 15 is 0 Å². The van der Waals surface area contributed by atoms with Gasteiger partial charge in [-0.3, -0.25) is 14.5 Å². The van der Waals surface area contributed by atoms with E-state index in [1.54, 1.807) is 30.0 Å². The highest BCUT2D eigenvalue weighted by atomic mass is 127. The molecule has 0 bridgehead atoms. The second-order valence-electron chi connectivity index (χ2n) is 9.75. The summed E-state index contributed by atoms with van der Waals surface area (Å²) in [6, 6.07) is 19.7. The number of rotatable bonds is 9. The Morgan fingerprint density at radius 1 is 1.07 bits per heavy atom. The first kappa shape index (κ1) is 29.6. The van der Waals surface area contributed by atoms with Crippen LogP contribution in [0.25, 0.3) is 5.65 Å². The van der Waals surface area contributed by atoms with Gasteiger partial charge in [0.25, 0.3) is 5.91 Å². The lowest BCUT2D eigenvalue weighted by Gasteiger charge is -2.49. The molecule has 0 radical (unpaired) electrons. The number of nitrogens with one attached hydrogen (secondary N) is 1. The maximum Gasteiger partial charge on any atom is 0.355 e. The molecule has 216 valence electrons. The second kappa shape index (κ2) is 12.9. The van der Waals surface area contributed by atoms with Crippen molar-refractivity contribution in [3.8, 4) is 5.75 Å². The fourth-order valence-corrected chi connectivity index (χ4v) is 6.35. The summed E-state index contributed by atoms with van der Waals surface area (Å²) >= 11 is 1.52. The van der Waals surface area contributed by atoms with Crippen molar-refractivity contribution in [2.45, 2.75) is 31.0 Å². The molecule has 0 unspecified atom stereocenters. The van der Waals surface area contributed by atoms with Crippen LogP contribution in [0.1, 0.15) is 11.1 Å². The van der Waals surface area contributed by atoms with Gasteiger partial charge in [0.1, 0.15) is 42.2 Å². The number of nitrogens with zero attached hydrogens (tertiary/aromatic N) is 4. The topological polar surface area (TPSA) is 106 Å². The zero-order valence-corrected chi connectivity index (χ0v) is 25.7. The number of carbonyl (C=O) groups is 3. The number of amides is 2. The highest BCUT2D eigenvalue weighted by Crippen LogP contribution is 2.41. The Kier molecular flexibility index (Phi) is 9.12. The average molecular weight is 698 g/mol. The van der Waals surface area contributed by atoms with Gasteiger partial charge in [0.05, 0.1) is 19.7 Å². The molecule has 4 heterocycles. The van der Waals surface area contributed by atoms with Crippen LogP contribution in [0.2, 0.25) is 0 Å². The van der Waals surface area contributed by atoms with Crippen LogP contribution in [0.3, 0.4) is 0 Å². The fourth-order valence-electron chi connectivity index (χ4n) is 5.01. The van der Waals surface area contributed by atoms with Crippen molar-refractivity contribution in [2.24, 2.45) is 0 Å². The fraction of sp³-hybridized carbons (Fsp3) is 0.233. The van der Waals surface area contributed by atoms with Crippen molar-refractivity contribution in [2.75, 3.05) is 12.9 Å². The molecule has 2 amide bonds. The summed E-state index contributed by atoms with van der Waals surface area (Å²) in [6.07, 6.45) is 5.59. The Labute approximate surface area is 263 Å². The molecule has 6 rings (SSSR count). The van der Waals surface area contributed by atoms with Gasteiger partial charge in [0, 0.05) is 17.4 Å².